The summed E-state index contributed by atoms with van der Waals surface area (Å²) in [5.41, 5.74) is 0.659. The molecule has 0 aliphatic heterocycles. The van der Waals surface area contributed by atoms with E-state index in [2.05, 4.69) is 5.32 Å². The van der Waals surface area contributed by atoms with E-state index >= 15 is 0 Å². The fourth-order valence-corrected chi connectivity index (χ4v) is 2.47. The lowest BCUT2D eigenvalue weighted by molar-refractivity contribution is 0.0771. The van der Waals surface area contributed by atoms with Crippen LogP contribution in [-0.4, -0.2) is 23.2 Å². The molecule has 18 heavy (non-hydrogen) atoms. The first-order chi connectivity index (χ1) is 8.77. The molecule has 0 unspecified atom stereocenters. The molecular weight excluding hydrogens is 226 g/mol. The van der Waals surface area contributed by atoms with E-state index in [0.29, 0.717) is 5.56 Å². The highest BCUT2D eigenvalue weighted by Gasteiger charge is 2.22. The van der Waals surface area contributed by atoms with Crippen LogP contribution in [0.15, 0.2) is 30.3 Å². The summed E-state index contributed by atoms with van der Waals surface area (Å²) in [4.78, 5) is 12.0. The maximum absolute atomic E-state index is 12.0. The summed E-state index contributed by atoms with van der Waals surface area (Å²) in [6.07, 6.45) is 5.79. The van der Waals surface area contributed by atoms with Crippen LogP contribution < -0.4 is 5.32 Å². The Morgan fingerprint density at radius 3 is 2.44 bits per heavy atom. The topological polar surface area (TPSA) is 49.3 Å². The second-order valence-corrected chi connectivity index (χ2v) is 5.00. The minimum atomic E-state index is -0.405. The molecule has 0 radical (unpaired) electrons. The molecule has 2 rings (SSSR count). The molecule has 0 bridgehead atoms. The molecule has 1 aromatic rings. The van der Waals surface area contributed by atoms with Gasteiger partial charge in [0.2, 0.25) is 0 Å². The van der Waals surface area contributed by atoms with Crippen LogP contribution in [0.5, 0.6) is 0 Å². The first-order valence-corrected chi connectivity index (χ1v) is 6.81. The molecule has 1 aromatic carbocycles. The zero-order chi connectivity index (χ0) is 12.8. The number of carbonyl (C=O) groups excluding carboxylic acids is 1. The highest BCUT2D eigenvalue weighted by molar-refractivity contribution is 5.94. The number of hydrogen-bond donors (Lipinski definition) is 2. The number of aliphatic hydroxyl groups excluding tert-OH is 1. The van der Waals surface area contributed by atoms with Crippen LogP contribution >= 0.6 is 0 Å². The molecule has 3 heteroatoms. The summed E-state index contributed by atoms with van der Waals surface area (Å²) in [6, 6.07) is 9.09. The third-order valence-corrected chi connectivity index (χ3v) is 3.58. The van der Waals surface area contributed by atoms with Crippen molar-refractivity contribution < 1.29 is 9.90 Å². The predicted molar refractivity (Wildman–Crippen MR) is 71.4 cm³/mol. The van der Waals surface area contributed by atoms with Crippen molar-refractivity contribution in [3.05, 3.63) is 35.9 Å². The molecule has 0 spiro atoms. The monoisotopic (exact) mass is 247 g/mol. The first-order valence-electron chi connectivity index (χ1n) is 6.81. The van der Waals surface area contributed by atoms with Crippen LogP contribution in [-0.2, 0) is 0 Å². The number of benzene rings is 1. The molecule has 1 aliphatic rings. The number of rotatable bonds is 2. The summed E-state index contributed by atoms with van der Waals surface area (Å²) in [6.45, 7) is 0. The largest absolute Gasteiger partial charge is 0.391 e. The summed E-state index contributed by atoms with van der Waals surface area (Å²) >= 11 is 0. The van der Waals surface area contributed by atoms with Crippen LogP contribution in [0.25, 0.3) is 0 Å². The second-order valence-electron chi connectivity index (χ2n) is 5.00. The SMILES string of the molecule is O=C(N[C@@H]1CCCCCC[C@@H]1O)c1ccccc1. The van der Waals surface area contributed by atoms with E-state index in [1.807, 2.05) is 18.2 Å². The number of nitrogens with one attached hydrogen (secondary N) is 1. The Labute approximate surface area is 108 Å². The molecule has 1 saturated carbocycles. The molecule has 3 nitrogen and oxygen atoms in total. The Kier molecular flexibility index (Phi) is 4.76. The van der Waals surface area contributed by atoms with Gasteiger partial charge in [0.15, 0.2) is 0 Å². The minimum Gasteiger partial charge on any atom is -0.391 e. The Morgan fingerprint density at radius 2 is 1.72 bits per heavy atom. The van der Waals surface area contributed by atoms with Crippen molar-refractivity contribution in [3.63, 3.8) is 0 Å². The number of amides is 1. The van der Waals surface area contributed by atoms with E-state index in [4.69, 9.17) is 0 Å². The third kappa shape index (κ3) is 3.57. The van der Waals surface area contributed by atoms with Gasteiger partial charge in [0.1, 0.15) is 0 Å². The quantitative estimate of drug-likeness (QED) is 0.843. The standard InChI is InChI=1S/C15H21NO2/c17-14-11-7-2-1-6-10-13(14)16-15(18)12-8-4-3-5-9-12/h3-5,8-9,13-14,17H,1-2,6-7,10-11H2,(H,16,18)/t13-,14+/m1/s1. The van der Waals surface area contributed by atoms with Gasteiger partial charge in [-0.25, -0.2) is 0 Å². The third-order valence-electron chi connectivity index (χ3n) is 3.58. The molecule has 1 fully saturated rings. The van der Waals surface area contributed by atoms with Gasteiger partial charge in [-0.1, -0.05) is 43.9 Å². The average Bonchev–Trinajstić information content (AvgIpc) is 2.39. The van der Waals surface area contributed by atoms with Crippen molar-refractivity contribution >= 4 is 5.91 Å². The molecule has 98 valence electrons. The summed E-state index contributed by atoms with van der Waals surface area (Å²) in [7, 11) is 0. The number of aliphatic hydroxyl groups is 1. The molecule has 2 N–H and O–H groups in total. The van der Waals surface area contributed by atoms with Crippen molar-refractivity contribution in [2.24, 2.45) is 0 Å². The highest BCUT2D eigenvalue weighted by Crippen LogP contribution is 2.18. The van der Waals surface area contributed by atoms with Crippen molar-refractivity contribution in [1.29, 1.82) is 0 Å². The maximum Gasteiger partial charge on any atom is 0.251 e. The van der Waals surface area contributed by atoms with Gasteiger partial charge in [0.05, 0.1) is 12.1 Å². The van der Waals surface area contributed by atoms with Crippen LogP contribution in [0.3, 0.4) is 0 Å². The van der Waals surface area contributed by atoms with Gasteiger partial charge in [-0.3, -0.25) is 4.79 Å². The fraction of sp³-hybridized carbons (Fsp3) is 0.533. The van der Waals surface area contributed by atoms with Crippen molar-refractivity contribution in [2.75, 3.05) is 0 Å². The van der Waals surface area contributed by atoms with Gasteiger partial charge in [-0.2, -0.15) is 0 Å². The van der Waals surface area contributed by atoms with Gasteiger partial charge in [-0.15, -0.1) is 0 Å². The Balaban J connectivity index is 1.96. The summed E-state index contributed by atoms with van der Waals surface area (Å²) in [5.74, 6) is -0.0831. The van der Waals surface area contributed by atoms with E-state index in [1.54, 1.807) is 12.1 Å². The average molecular weight is 247 g/mol. The predicted octanol–water partition coefficient (Wildman–Crippen LogP) is 2.50. The van der Waals surface area contributed by atoms with Gasteiger partial charge >= 0.3 is 0 Å². The maximum atomic E-state index is 12.0. The lowest BCUT2D eigenvalue weighted by Gasteiger charge is -2.26. The molecular formula is C15H21NO2. The van der Waals surface area contributed by atoms with E-state index in [-0.39, 0.29) is 11.9 Å². The van der Waals surface area contributed by atoms with E-state index in [1.165, 1.54) is 12.8 Å². The Bertz CT molecular complexity index is 377. The summed E-state index contributed by atoms with van der Waals surface area (Å²) in [5, 5.41) is 13.0. The van der Waals surface area contributed by atoms with Crippen LogP contribution in [0, 0.1) is 0 Å². The zero-order valence-corrected chi connectivity index (χ0v) is 10.6. The summed E-state index contributed by atoms with van der Waals surface area (Å²) < 4.78 is 0. The van der Waals surface area contributed by atoms with Crippen LogP contribution in [0.2, 0.25) is 0 Å². The normalized spacial score (nSPS) is 24.9. The van der Waals surface area contributed by atoms with Gasteiger partial charge in [-0.05, 0) is 25.0 Å². The van der Waals surface area contributed by atoms with E-state index in [9.17, 15) is 9.90 Å². The highest BCUT2D eigenvalue weighted by atomic mass is 16.3. The van der Waals surface area contributed by atoms with Crippen molar-refractivity contribution in [1.82, 2.24) is 5.32 Å². The minimum absolute atomic E-state index is 0.0831. The second kappa shape index (κ2) is 6.55. The first kappa shape index (κ1) is 13.1. The number of hydrogen-bond acceptors (Lipinski definition) is 2. The van der Waals surface area contributed by atoms with Crippen LogP contribution in [0.4, 0.5) is 0 Å². The van der Waals surface area contributed by atoms with Crippen molar-refractivity contribution in [2.45, 2.75) is 50.7 Å². The molecule has 0 heterocycles. The van der Waals surface area contributed by atoms with E-state index < -0.39 is 6.10 Å². The number of carbonyl (C=O) groups is 1. The Morgan fingerprint density at radius 1 is 1.06 bits per heavy atom. The molecule has 0 saturated heterocycles. The molecule has 1 amide bonds. The molecule has 2 atom stereocenters. The van der Waals surface area contributed by atoms with Gasteiger partial charge < -0.3 is 10.4 Å². The lowest BCUT2D eigenvalue weighted by atomic mass is 9.94. The molecule has 1 aliphatic carbocycles. The lowest BCUT2D eigenvalue weighted by Crippen LogP contribution is -2.43. The van der Waals surface area contributed by atoms with E-state index in [0.717, 1.165) is 25.7 Å². The van der Waals surface area contributed by atoms with Crippen LogP contribution in [0.1, 0.15) is 48.9 Å². The van der Waals surface area contributed by atoms with Gasteiger partial charge in [0, 0.05) is 5.56 Å². The zero-order valence-electron chi connectivity index (χ0n) is 10.6. The smallest absolute Gasteiger partial charge is 0.251 e. The van der Waals surface area contributed by atoms with Crippen molar-refractivity contribution in [3.8, 4) is 0 Å². The Hall–Kier alpha value is -1.35. The van der Waals surface area contributed by atoms with Gasteiger partial charge in [0.25, 0.3) is 5.91 Å². The molecule has 0 aromatic heterocycles. The fourth-order valence-electron chi connectivity index (χ4n) is 2.47.